The van der Waals surface area contributed by atoms with Crippen molar-refractivity contribution in [1.82, 2.24) is 19.9 Å². The molecule has 4 nitrogen and oxygen atoms in total. The van der Waals surface area contributed by atoms with E-state index in [1.54, 1.807) is 0 Å². The van der Waals surface area contributed by atoms with Crippen LogP contribution in [0.25, 0.3) is 87.6 Å². The van der Waals surface area contributed by atoms with Gasteiger partial charge >= 0.3 is 0 Å². The van der Waals surface area contributed by atoms with Crippen LogP contribution in [0.1, 0.15) is 0 Å². The highest BCUT2D eigenvalue weighted by atomic mass is 32.1. The van der Waals surface area contributed by atoms with Crippen molar-refractivity contribution in [3.05, 3.63) is 158 Å². The molecule has 0 radical (unpaired) electrons. The van der Waals surface area contributed by atoms with Gasteiger partial charge < -0.3 is 0 Å². The number of hydrogen-bond acceptors (Lipinski definition) is 5. The highest BCUT2D eigenvalue weighted by Crippen LogP contribution is 2.43. The van der Waals surface area contributed by atoms with Gasteiger partial charge in [0, 0.05) is 47.8 Å². The average Bonchev–Trinajstić information content (AvgIpc) is 3.55. The Morgan fingerprint density at radius 1 is 0.362 bits per heavy atom. The highest BCUT2D eigenvalue weighted by Gasteiger charge is 2.18. The number of thiophene rings is 1. The Labute approximate surface area is 275 Å². The second-order valence-electron chi connectivity index (χ2n) is 11.5. The van der Waals surface area contributed by atoms with Crippen molar-refractivity contribution in [1.29, 1.82) is 0 Å². The van der Waals surface area contributed by atoms with Gasteiger partial charge in [-0.1, -0.05) is 146 Å². The van der Waals surface area contributed by atoms with Crippen LogP contribution in [-0.4, -0.2) is 19.9 Å². The van der Waals surface area contributed by atoms with Crippen molar-refractivity contribution in [2.75, 3.05) is 0 Å². The first-order valence-corrected chi connectivity index (χ1v) is 16.4. The zero-order valence-corrected chi connectivity index (χ0v) is 26.0. The molecule has 0 N–H and O–H groups in total. The van der Waals surface area contributed by atoms with Crippen LogP contribution in [0.3, 0.4) is 0 Å². The Hall–Kier alpha value is -6.04. The molecule has 0 aliphatic carbocycles. The molecule has 0 unspecified atom stereocenters. The van der Waals surface area contributed by atoms with Crippen LogP contribution >= 0.6 is 11.3 Å². The molecule has 0 aliphatic rings. The van der Waals surface area contributed by atoms with Crippen molar-refractivity contribution in [2.45, 2.75) is 0 Å². The predicted octanol–water partition coefficient (Wildman–Crippen LogP) is 11.1. The van der Waals surface area contributed by atoms with Crippen molar-refractivity contribution < 1.29 is 0 Å². The maximum absolute atomic E-state index is 5.32. The minimum absolute atomic E-state index is 0.613. The Balaban J connectivity index is 1.23. The van der Waals surface area contributed by atoms with E-state index in [9.17, 15) is 0 Å². The van der Waals surface area contributed by atoms with Gasteiger partial charge in [0.15, 0.2) is 17.5 Å². The first kappa shape index (κ1) is 27.3. The van der Waals surface area contributed by atoms with E-state index in [1.807, 2.05) is 53.8 Å². The van der Waals surface area contributed by atoms with Gasteiger partial charge in [-0.2, -0.15) is 0 Å². The molecule has 220 valence electrons. The zero-order valence-electron chi connectivity index (χ0n) is 25.2. The molecular weight excluding hydrogens is 593 g/mol. The number of benzene rings is 6. The number of pyridine rings is 1. The minimum Gasteiger partial charge on any atom is -0.247 e. The van der Waals surface area contributed by atoms with Crippen LogP contribution in [0.15, 0.2) is 158 Å². The molecule has 3 heterocycles. The number of fused-ring (bicyclic) bond motifs is 5. The van der Waals surface area contributed by atoms with Crippen molar-refractivity contribution in [3.8, 4) is 56.5 Å². The summed E-state index contributed by atoms with van der Waals surface area (Å²) < 4.78 is 2.49. The minimum atomic E-state index is 0.613. The summed E-state index contributed by atoms with van der Waals surface area (Å²) in [5.41, 5.74) is 8.09. The fourth-order valence-electron chi connectivity index (χ4n) is 6.20. The lowest BCUT2D eigenvalue weighted by Gasteiger charge is -2.11. The molecular formula is C42H26N4S. The normalized spacial score (nSPS) is 11.4. The van der Waals surface area contributed by atoms with Gasteiger partial charge in [0.25, 0.3) is 0 Å². The molecule has 5 heteroatoms. The van der Waals surface area contributed by atoms with Crippen LogP contribution in [0, 0.1) is 0 Å². The Kier molecular flexibility index (Phi) is 6.61. The molecule has 0 saturated heterocycles. The van der Waals surface area contributed by atoms with Crippen LogP contribution in [-0.2, 0) is 0 Å². The maximum atomic E-state index is 5.32. The van der Waals surface area contributed by atoms with E-state index < -0.39 is 0 Å². The standard InChI is InChI=1S/C42H26N4S/c1-4-12-27(13-5-1)28-20-22-31(23-21-28)41-44-40(30-16-8-3-9-17-30)45-42(46-41)32-24-25-33-35(26-32)43-38(29-14-6-2-7-15-29)37-34-18-10-11-19-36(34)47-39(33)37/h1-26H. The third-order valence-electron chi connectivity index (χ3n) is 8.53. The lowest BCUT2D eigenvalue weighted by Crippen LogP contribution is -2.00. The lowest BCUT2D eigenvalue weighted by molar-refractivity contribution is 1.07. The fourth-order valence-corrected chi connectivity index (χ4v) is 7.44. The first-order valence-electron chi connectivity index (χ1n) is 15.6. The van der Waals surface area contributed by atoms with E-state index >= 15 is 0 Å². The van der Waals surface area contributed by atoms with E-state index in [1.165, 1.54) is 25.7 Å². The van der Waals surface area contributed by atoms with E-state index in [4.69, 9.17) is 19.9 Å². The lowest BCUT2D eigenvalue weighted by atomic mass is 10.0. The molecule has 9 aromatic rings. The Morgan fingerprint density at radius 2 is 0.851 bits per heavy atom. The van der Waals surface area contributed by atoms with Crippen molar-refractivity contribution in [3.63, 3.8) is 0 Å². The maximum Gasteiger partial charge on any atom is 0.164 e. The molecule has 0 amide bonds. The fraction of sp³-hybridized carbons (Fsp3) is 0. The quantitative estimate of drug-likeness (QED) is 0.193. The molecule has 0 atom stereocenters. The second-order valence-corrected chi connectivity index (χ2v) is 12.5. The van der Waals surface area contributed by atoms with Crippen molar-refractivity contribution >= 4 is 42.4 Å². The first-order chi connectivity index (χ1) is 23.3. The number of rotatable bonds is 5. The number of nitrogens with zero attached hydrogens (tertiary/aromatic N) is 4. The van der Waals surface area contributed by atoms with Crippen LogP contribution in [0.2, 0.25) is 0 Å². The summed E-state index contributed by atoms with van der Waals surface area (Å²) in [5.74, 6) is 1.88. The summed E-state index contributed by atoms with van der Waals surface area (Å²) in [7, 11) is 0. The summed E-state index contributed by atoms with van der Waals surface area (Å²) in [6.07, 6.45) is 0. The van der Waals surface area contributed by atoms with Crippen LogP contribution < -0.4 is 0 Å². The van der Waals surface area contributed by atoms with Gasteiger partial charge in [0.2, 0.25) is 0 Å². The Morgan fingerprint density at radius 3 is 1.53 bits per heavy atom. The van der Waals surface area contributed by atoms with Gasteiger partial charge in [-0.3, -0.25) is 0 Å². The monoisotopic (exact) mass is 618 g/mol. The van der Waals surface area contributed by atoms with Gasteiger partial charge in [-0.25, -0.2) is 19.9 Å². The summed E-state index contributed by atoms with van der Waals surface area (Å²) in [6.45, 7) is 0. The topological polar surface area (TPSA) is 51.6 Å². The molecule has 0 fully saturated rings. The van der Waals surface area contributed by atoms with E-state index in [0.717, 1.165) is 44.4 Å². The van der Waals surface area contributed by atoms with Gasteiger partial charge in [-0.05, 0) is 23.3 Å². The largest absolute Gasteiger partial charge is 0.247 e. The number of hydrogen-bond donors (Lipinski definition) is 0. The third kappa shape index (κ3) is 4.94. The van der Waals surface area contributed by atoms with E-state index in [2.05, 4.69) is 115 Å². The summed E-state index contributed by atoms with van der Waals surface area (Å²) in [5, 5.41) is 3.56. The number of aromatic nitrogens is 4. The zero-order chi connectivity index (χ0) is 31.2. The van der Waals surface area contributed by atoms with Crippen LogP contribution in [0.5, 0.6) is 0 Å². The summed E-state index contributed by atoms with van der Waals surface area (Å²) >= 11 is 1.82. The SMILES string of the molecule is c1ccc(-c2ccc(-c3nc(-c4ccccc4)nc(-c4ccc5c(c4)nc(-c4ccccc4)c4c6ccccc6sc54)n3)cc2)cc1. The van der Waals surface area contributed by atoms with Crippen LogP contribution in [0.4, 0.5) is 0 Å². The Bertz CT molecular complexity index is 2540. The summed E-state index contributed by atoms with van der Waals surface area (Å²) in [6, 6.07) is 54.4. The van der Waals surface area contributed by atoms with Gasteiger partial charge in [0.1, 0.15) is 0 Å². The molecule has 0 bridgehead atoms. The smallest absolute Gasteiger partial charge is 0.164 e. The second kappa shape index (κ2) is 11.4. The average molecular weight is 619 g/mol. The molecule has 47 heavy (non-hydrogen) atoms. The molecule has 3 aromatic heterocycles. The molecule has 6 aromatic carbocycles. The van der Waals surface area contributed by atoms with Crippen molar-refractivity contribution in [2.24, 2.45) is 0 Å². The molecule has 0 spiro atoms. The molecule has 9 rings (SSSR count). The molecule has 0 saturated carbocycles. The highest BCUT2D eigenvalue weighted by molar-refractivity contribution is 7.26. The molecule has 0 aliphatic heterocycles. The van der Waals surface area contributed by atoms with E-state index in [0.29, 0.717) is 17.5 Å². The van der Waals surface area contributed by atoms with E-state index in [-0.39, 0.29) is 0 Å². The predicted molar refractivity (Wildman–Crippen MR) is 195 cm³/mol. The van der Waals surface area contributed by atoms with Gasteiger partial charge in [-0.15, -0.1) is 11.3 Å². The summed E-state index contributed by atoms with van der Waals surface area (Å²) in [4.78, 5) is 20.3. The third-order valence-corrected chi connectivity index (χ3v) is 9.73. The van der Waals surface area contributed by atoms with Gasteiger partial charge in [0.05, 0.1) is 11.2 Å².